The number of nitriles is 1. The standard InChI is InChI=1S/C11H20N2O2S/c1-3-10(9-12)16(14,15)13-11(2)7-5-4-6-8-11/h10,13H,3-8H2,1-2H3. The van der Waals surface area contributed by atoms with Crippen molar-refractivity contribution >= 4 is 10.0 Å². The van der Waals surface area contributed by atoms with Crippen LogP contribution in [0.4, 0.5) is 0 Å². The van der Waals surface area contributed by atoms with Gasteiger partial charge in [0.15, 0.2) is 5.25 Å². The molecule has 0 heterocycles. The smallest absolute Gasteiger partial charge is 0.211 e. The highest BCUT2D eigenvalue weighted by atomic mass is 32.2. The van der Waals surface area contributed by atoms with E-state index in [1.807, 2.05) is 13.0 Å². The molecule has 16 heavy (non-hydrogen) atoms. The lowest BCUT2D eigenvalue weighted by Crippen LogP contribution is -2.50. The average Bonchev–Trinajstić information content (AvgIpc) is 2.18. The van der Waals surface area contributed by atoms with Crippen LogP contribution >= 0.6 is 0 Å². The molecule has 4 nitrogen and oxygen atoms in total. The van der Waals surface area contributed by atoms with E-state index in [1.165, 1.54) is 6.42 Å². The molecule has 1 fully saturated rings. The van der Waals surface area contributed by atoms with E-state index in [2.05, 4.69) is 4.72 Å². The van der Waals surface area contributed by atoms with E-state index in [1.54, 1.807) is 6.92 Å². The molecule has 1 aliphatic carbocycles. The van der Waals surface area contributed by atoms with Gasteiger partial charge in [-0.15, -0.1) is 0 Å². The summed E-state index contributed by atoms with van der Waals surface area (Å²) in [6, 6.07) is 1.85. The molecule has 0 aliphatic heterocycles. The molecular weight excluding hydrogens is 224 g/mol. The Labute approximate surface area is 98.1 Å². The highest BCUT2D eigenvalue weighted by molar-refractivity contribution is 7.90. The van der Waals surface area contributed by atoms with Crippen LogP contribution in [0.1, 0.15) is 52.4 Å². The van der Waals surface area contributed by atoms with Crippen molar-refractivity contribution in [2.45, 2.75) is 63.2 Å². The van der Waals surface area contributed by atoms with E-state index >= 15 is 0 Å². The topological polar surface area (TPSA) is 70.0 Å². The fourth-order valence-electron chi connectivity index (χ4n) is 2.23. The minimum Gasteiger partial charge on any atom is -0.211 e. The van der Waals surface area contributed by atoms with Crippen LogP contribution in [0.2, 0.25) is 0 Å². The van der Waals surface area contributed by atoms with Gasteiger partial charge < -0.3 is 0 Å². The summed E-state index contributed by atoms with van der Waals surface area (Å²) in [5.74, 6) is 0. The Bertz CT molecular complexity index is 364. The summed E-state index contributed by atoms with van der Waals surface area (Å²) in [6.07, 6.45) is 5.36. The van der Waals surface area contributed by atoms with Crippen LogP contribution in [0.3, 0.4) is 0 Å². The lowest BCUT2D eigenvalue weighted by Gasteiger charge is -2.34. The third-order valence-electron chi connectivity index (χ3n) is 3.24. The van der Waals surface area contributed by atoms with Gasteiger partial charge in [0.1, 0.15) is 0 Å². The zero-order chi connectivity index (χ0) is 12.2. The Morgan fingerprint density at radius 3 is 2.38 bits per heavy atom. The van der Waals surface area contributed by atoms with Gasteiger partial charge in [-0.25, -0.2) is 13.1 Å². The van der Waals surface area contributed by atoms with Crippen LogP contribution in [0.5, 0.6) is 0 Å². The molecule has 5 heteroatoms. The van der Waals surface area contributed by atoms with E-state index in [9.17, 15) is 8.42 Å². The molecule has 0 radical (unpaired) electrons. The molecule has 0 aromatic carbocycles. The molecule has 0 spiro atoms. The predicted octanol–water partition coefficient (Wildman–Crippen LogP) is 1.93. The van der Waals surface area contributed by atoms with E-state index < -0.39 is 15.3 Å². The summed E-state index contributed by atoms with van der Waals surface area (Å²) < 4.78 is 26.6. The fourth-order valence-corrected chi connectivity index (χ4v) is 3.84. The summed E-state index contributed by atoms with van der Waals surface area (Å²) in [4.78, 5) is 0. The van der Waals surface area contributed by atoms with Gasteiger partial charge in [0.2, 0.25) is 10.0 Å². The number of hydrogen-bond acceptors (Lipinski definition) is 3. The summed E-state index contributed by atoms with van der Waals surface area (Å²) in [7, 11) is -3.49. The monoisotopic (exact) mass is 244 g/mol. The van der Waals surface area contributed by atoms with Gasteiger partial charge in [0.05, 0.1) is 6.07 Å². The minimum absolute atomic E-state index is 0.335. The first-order valence-corrected chi connectivity index (χ1v) is 7.40. The van der Waals surface area contributed by atoms with Gasteiger partial charge in [-0.2, -0.15) is 5.26 Å². The highest BCUT2D eigenvalue weighted by Crippen LogP contribution is 2.28. The largest absolute Gasteiger partial charge is 0.228 e. The molecule has 1 N–H and O–H groups in total. The maximum absolute atomic E-state index is 11.9. The summed E-state index contributed by atoms with van der Waals surface area (Å²) >= 11 is 0. The Morgan fingerprint density at radius 1 is 1.38 bits per heavy atom. The van der Waals surface area contributed by atoms with Crippen molar-refractivity contribution in [1.82, 2.24) is 4.72 Å². The lowest BCUT2D eigenvalue weighted by atomic mass is 9.84. The van der Waals surface area contributed by atoms with Gasteiger partial charge in [-0.3, -0.25) is 0 Å². The molecule has 1 atom stereocenters. The second kappa shape index (κ2) is 5.15. The van der Waals surface area contributed by atoms with Crippen LogP contribution in [0.25, 0.3) is 0 Å². The van der Waals surface area contributed by atoms with Crippen LogP contribution < -0.4 is 4.72 Å². The van der Waals surface area contributed by atoms with Gasteiger partial charge in [-0.1, -0.05) is 26.2 Å². The molecule has 1 saturated carbocycles. The third kappa shape index (κ3) is 3.19. The second-order valence-corrected chi connectivity index (χ2v) is 6.66. The SMILES string of the molecule is CCC(C#N)S(=O)(=O)NC1(C)CCCCC1. The zero-order valence-electron chi connectivity index (χ0n) is 9.99. The maximum atomic E-state index is 11.9. The van der Waals surface area contributed by atoms with Crippen LogP contribution in [0.15, 0.2) is 0 Å². The van der Waals surface area contributed by atoms with Crippen LogP contribution in [-0.4, -0.2) is 19.2 Å². The van der Waals surface area contributed by atoms with Crippen molar-refractivity contribution < 1.29 is 8.42 Å². The Kier molecular flexibility index (Phi) is 4.34. The first-order valence-electron chi connectivity index (χ1n) is 5.86. The molecule has 1 unspecified atom stereocenters. The van der Waals surface area contributed by atoms with Crippen molar-refractivity contribution in [1.29, 1.82) is 5.26 Å². The zero-order valence-corrected chi connectivity index (χ0v) is 10.8. The van der Waals surface area contributed by atoms with E-state index in [4.69, 9.17) is 5.26 Å². The van der Waals surface area contributed by atoms with Crippen molar-refractivity contribution in [3.05, 3.63) is 0 Å². The van der Waals surface area contributed by atoms with Gasteiger partial charge in [0.25, 0.3) is 0 Å². The average molecular weight is 244 g/mol. The molecular formula is C11H20N2O2S. The quantitative estimate of drug-likeness (QED) is 0.821. The van der Waals surface area contributed by atoms with Gasteiger partial charge in [0, 0.05) is 5.54 Å². The van der Waals surface area contributed by atoms with E-state index in [0.717, 1.165) is 25.7 Å². The van der Waals surface area contributed by atoms with Gasteiger partial charge >= 0.3 is 0 Å². The van der Waals surface area contributed by atoms with Crippen molar-refractivity contribution in [3.63, 3.8) is 0 Å². The number of hydrogen-bond donors (Lipinski definition) is 1. The number of nitrogens with zero attached hydrogens (tertiary/aromatic N) is 1. The van der Waals surface area contributed by atoms with Crippen LogP contribution in [0, 0.1) is 11.3 Å². The highest BCUT2D eigenvalue weighted by Gasteiger charge is 2.34. The second-order valence-electron chi connectivity index (χ2n) is 4.79. The van der Waals surface area contributed by atoms with Crippen molar-refractivity contribution in [2.75, 3.05) is 0 Å². The maximum Gasteiger partial charge on any atom is 0.228 e. The normalized spacial score (nSPS) is 22.3. The predicted molar refractivity (Wildman–Crippen MR) is 63.2 cm³/mol. The van der Waals surface area contributed by atoms with Gasteiger partial charge in [-0.05, 0) is 26.2 Å². The minimum atomic E-state index is -3.49. The van der Waals surface area contributed by atoms with E-state index in [0.29, 0.717) is 6.42 Å². The molecule has 1 rings (SSSR count). The first-order chi connectivity index (χ1) is 7.43. The third-order valence-corrected chi connectivity index (χ3v) is 5.20. The first kappa shape index (κ1) is 13.5. The molecule has 0 bridgehead atoms. The Balaban J connectivity index is 2.75. The number of nitrogens with one attached hydrogen (secondary N) is 1. The number of sulfonamides is 1. The van der Waals surface area contributed by atoms with Crippen LogP contribution in [-0.2, 0) is 10.0 Å². The Morgan fingerprint density at radius 2 is 1.94 bits per heavy atom. The molecule has 0 aromatic rings. The lowest BCUT2D eigenvalue weighted by molar-refractivity contribution is 0.293. The van der Waals surface area contributed by atoms with Crippen molar-refractivity contribution in [2.24, 2.45) is 0 Å². The summed E-state index contributed by atoms with van der Waals surface area (Å²) in [5, 5.41) is 7.88. The Hall–Kier alpha value is -0.600. The molecule has 0 saturated heterocycles. The molecule has 0 amide bonds. The van der Waals surface area contributed by atoms with Crippen molar-refractivity contribution in [3.8, 4) is 6.07 Å². The van der Waals surface area contributed by atoms with E-state index in [-0.39, 0.29) is 5.54 Å². The molecule has 92 valence electrons. The molecule has 1 aliphatic rings. The number of rotatable bonds is 4. The summed E-state index contributed by atoms with van der Waals surface area (Å²) in [5.41, 5.74) is -0.346. The fraction of sp³-hybridized carbons (Fsp3) is 0.909. The summed E-state index contributed by atoms with van der Waals surface area (Å²) in [6.45, 7) is 3.66. The molecule has 0 aromatic heterocycles.